The van der Waals surface area contributed by atoms with E-state index in [2.05, 4.69) is 59.2 Å². The Kier molecular flexibility index (Phi) is 3.58. The van der Waals surface area contributed by atoms with Crippen LogP contribution >= 0.6 is 11.3 Å². The highest BCUT2D eigenvalue weighted by Crippen LogP contribution is 2.25. The Labute approximate surface area is 112 Å². The first kappa shape index (κ1) is 11.7. The lowest BCUT2D eigenvalue weighted by molar-refractivity contribution is 0.542. The molecule has 0 amide bonds. The summed E-state index contributed by atoms with van der Waals surface area (Å²) in [5.74, 6) is 0. The first-order valence-corrected chi connectivity index (χ1v) is 7.31. The van der Waals surface area contributed by atoms with Crippen LogP contribution < -0.4 is 5.32 Å². The van der Waals surface area contributed by atoms with Gasteiger partial charge in [-0.25, -0.2) is 0 Å². The van der Waals surface area contributed by atoms with Crippen LogP contribution in [0.3, 0.4) is 0 Å². The zero-order valence-corrected chi connectivity index (χ0v) is 11.1. The number of benzene rings is 1. The molecule has 0 unspecified atom stereocenters. The van der Waals surface area contributed by atoms with Gasteiger partial charge in [0.1, 0.15) is 0 Å². The van der Waals surface area contributed by atoms with Crippen LogP contribution in [-0.2, 0) is 6.54 Å². The van der Waals surface area contributed by atoms with Gasteiger partial charge < -0.3 is 5.32 Å². The molecule has 1 aliphatic carbocycles. The molecule has 1 aliphatic rings. The quantitative estimate of drug-likeness (QED) is 0.806. The minimum atomic E-state index is 0.646. The average molecular weight is 255 g/mol. The molecule has 1 N–H and O–H groups in total. The Bertz CT molecular complexity index is 519. The maximum Gasteiger partial charge on any atom is 0.0302 e. The summed E-state index contributed by atoms with van der Waals surface area (Å²) in [5.41, 5.74) is 2.64. The molecular weight excluding hydrogens is 238 g/mol. The Morgan fingerprint density at radius 3 is 2.61 bits per heavy atom. The number of rotatable bonds is 4. The van der Waals surface area contributed by atoms with Crippen molar-refractivity contribution < 1.29 is 0 Å². The Balaban J connectivity index is 1.63. The molecule has 1 aromatic heterocycles. The van der Waals surface area contributed by atoms with Crippen molar-refractivity contribution in [3.05, 3.63) is 58.8 Å². The molecule has 0 atom stereocenters. The van der Waals surface area contributed by atoms with Crippen LogP contribution in [0.1, 0.15) is 17.7 Å². The normalized spacial score (nSPS) is 15.3. The number of thiophene rings is 1. The van der Waals surface area contributed by atoms with Crippen molar-refractivity contribution in [2.45, 2.75) is 25.4 Å². The van der Waals surface area contributed by atoms with E-state index < -0.39 is 0 Å². The van der Waals surface area contributed by atoms with E-state index in [4.69, 9.17) is 0 Å². The molecule has 3 rings (SSSR count). The molecule has 0 aliphatic heterocycles. The van der Waals surface area contributed by atoms with Crippen LogP contribution in [0.15, 0.2) is 53.9 Å². The topological polar surface area (TPSA) is 12.0 Å². The molecule has 0 spiro atoms. The summed E-state index contributed by atoms with van der Waals surface area (Å²) in [5, 5.41) is 5.86. The highest BCUT2D eigenvalue weighted by atomic mass is 32.1. The van der Waals surface area contributed by atoms with Crippen LogP contribution in [0.4, 0.5) is 0 Å². The summed E-state index contributed by atoms with van der Waals surface area (Å²) < 4.78 is 0. The largest absolute Gasteiger partial charge is 0.308 e. The molecule has 0 fully saturated rings. The third-order valence-electron chi connectivity index (χ3n) is 3.33. The first-order chi connectivity index (χ1) is 8.92. The average Bonchev–Trinajstić information content (AvgIpc) is 3.09. The van der Waals surface area contributed by atoms with E-state index >= 15 is 0 Å². The number of nitrogens with one attached hydrogen (secondary N) is 1. The van der Waals surface area contributed by atoms with Gasteiger partial charge in [0.25, 0.3) is 0 Å². The van der Waals surface area contributed by atoms with Gasteiger partial charge in [0.2, 0.25) is 0 Å². The molecule has 1 aromatic carbocycles. The van der Waals surface area contributed by atoms with Crippen molar-refractivity contribution >= 4 is 11.3 Å². The fourth-order valence-corrected chi connectivity index (χ4v) is 3.13. The highest BCUT2D eigenvalue weighted by molar-refractivity contribution is 7.10. The van der Waals surface area contributed by atoms with Crippen molar-refractivity contribution in [1.82, 2.24) is 5.32 Å². The van der Waals surface area contributed by atoms with E-state index in [0.717, 1.165) is 6.54 Å². The predicted octanol–water partition coefficient (Wildman–Crippen LogP) is 4.22. The molecule has 0 saturated heterocycles. The summed E-state index contributed by atoms with van der Waals surface area (Å²) in [6.07, 6.45) is 6.89. The van der Waals surface area contributed by atoms with Gasteiger partial charge in [-0.3, -0.25) is 0 Å². The number of hydrogen-bond acceptors (Lipinski definition) is 2. The Morgan fingerprint density at radius 2 is 1.83 bits per heavy atom. The molecular formula is C16H17NS. The van der Waals surface area contributed by atoms with E-state index in [-0.39, 0.29) is 0 Å². The van der Waals surface area contributed by atoms with Gasteiger partial charge in [-0.1, -0.05) is 42.5 Å². The maximum atomic E-state index is 3.61. The fraction of sp³-hybridized carbons (Fsp3) is 0.250. The summed E-state index contributed by atoms with van der Waals surface area (Å²) in [4.78, 5) is 1.42. The van der Waals surface area contributed by atoms with Gasteiger partial charge in [0.05, 0.1) is 0 Å². The van der Waals surface area contributed by atoms with Crippen molar-refractivity contribution in [2.75, 3.05) is 0 Å². The van der Waals surface area contributed by atoms with Gasteiger partial charge in [-0.15, -0.1) is 11.3 Å². The van der Waals surface area contributed by atoms with Crippen LogP contribution in [0.2, 0.25) is 0 Å². The summed E-state index contributed by atoms with van der Waals surface area (Å²) in [6, 6.07) is 13.5. The van der Waals surface area contributed by atoms with Crippen molar-refractivity contribution in [3.8, 4) is 11.1 Å². The molecule has 92 valence electrons. The van der Waals surface area contributed by atoms with Gasteiger partial charge >= 0.3 is 0 Å². The second kappa shape index (κ2) is 5.51. The third kappa shape index (κ3) is 2.71. The van der Waals surface area contributed by atoms with Crippen LogP contribution in [0.5, 0.6) is 0 Å². The Hall–Kier alpha value is -1.38. The van der Waals surface area contributed by atoms with Gasteiger partial charge in [0, 0.05) is 17.5 Å². The number of hydrogen-bond donors (Lipinski definition) is 1. The van der Waals surface area contributed by atoms with Crippen LogP contribution in [0.25, 0.3) is 11.1 Å². The highest BCUT2D eigenvalue weighted by Gasteiger charge is 2.09. The van der Waals surface area contributed by atoms with Crippen molar-refractivity contribution in [3.63, 3.8) is 0 Å². The van der Waals surface area contributed by atoms with E-state index in [1.54, 1.807) is 0 Å². The molecule has 0 bridgehead atoms. The predicted molar refractivity (Wildman–Crippen MR) is 78.8 cm³/mol. The molecule has 2 aromatic rings. The minimum absolute atomic E-state index is 0.646. The molecule has 1 heterocycles. The minimum Gasteiger partial charge on any atom is -0.308 e. The first-order valence-electron chi connectivity index (χ1n) is 6.43. The van der Waals surface area contributed by atoms with Crippen molar-refractivity contribution in [2.24, 2.45) is 0 Å². The molecule has 2 heteroatoms. The lowest BCUT2D eigenvalue weighted by Gasteiger charge is -2.10. The second-order valence-corrected chi connectivity index (χ2v) is 5.68. The summed E-state index contributed by atoms with van der Waals surface area (Å²) >= 11 is 1.84. The third-order valence-corrected chi connectivity index (χ3v) is 4.27. The fourth-order valence-electron chi connectivity index (χ4n) is 2.28. The monoisotopic (exact) mass is 255 g/mol. The van der Waals surface area contributed by atoms with E-state index in [9.17, 15) is 0 Å². The zero-order chi connectivity index (χ0) is 12.2. The van der Waals surface area contributed by atoms with Gasteiger partial charge in [-0.05, 0) is 35.4 Å². The van der Waals surface area contributed by atoms with Crippen molar-refractivity contribution in [1.29, 1.82) is 0 Å². The van der Waals surface area contributed by atoms with Crippen LogP contribution in [-0.4, -0.2) is 6.04 Å². The summed E-state index contributed by atoms with van der Waals surface area (Å²) in [6.45, 7) is 0.990. The van der Waals surface area contributed by atoms with Gasteiger partial charge in [0.15, 0.2) is 0 Å². The second-order valence-electron chi connectivity index (χ2n) is 4.69. The molecule has 1 nitrogen and oxygen atoms in total. The Morgan fingerprint density at radius 1 is 1.06 bits per heavy atom. The smallest absolute Gasteiger partial charge is 0.0302 e. The van der Waals surface area contributed by atoms with Crippen LogP contribution in [0, 0.1) is 0 Å². The standard InChI is InChI=1S/C16H17NS/c1-2-6-13(7-3-1)14-10-16(18-12-14)11-17-15-8-4-5-9-15/h1-7,10,12,15,17H,8-9,11H2. The van der Waals surface area contributed by atoms with E-state index in [1.807, 2.05) is 11.3 Å². The molecule has 0 saturated carbocycles. The maximum absolute atomic E-state index is 3.61. The molecule has 0 radical (unpaired) electrons. The lowest BCUT2D eigenvalue weighted by Crippen LogP contribution is -2.25. The van der Waals surface area contributed by atoms with E-state index in [0.29, 0.717) is 6.04 Å². The molecule has 18 heavy (non-hydrogen) atoms. The SMILES string of the molecule is C1=CCC(NCc2cc(-c3ccccc3)cs2)C1. The van der Waals surface area contributed by atoms with Gasteiger partial charge in [-0.2, -0.15) is 0 Å². The lowest BCUT2D eigenvalue weighted by atomic mass is 10.1. The zero-order valence-electron chi connectivity index (χ0n) is 10.3. The van der Waals surface area contributed by atoms with E-state index in [1.165, 1.54) is 28.8 Å². The summed E-state index contributed by atoms with van der Waals surface area (Å²) in [7, 11) is 0.